The minimum Gasteiger partial charge on any atom is -0.497 e. The van der Waals surface area contributed by atoms with E-state index in [2.05, 4.69) is 32.6 Å². The van der Waals surface area contributed by atoms with Crippen molar-refractivity contribution in [2.24, 2.45) is 0 Å². The summed E-state index contributed by atoms with van der Waals surface area (Å²) >= 11 is 0. The number of piperazine rings is 1. The van der Waals surface area contributed by atoms with Gasteiger partial charge in [-0.2, -0.15) is 4.68 Å². The van der Waals surface area contributed by atoms with Crippen LogP contribution in [0.3, 0.4) is 0 Å². The van der Waals surface area contributed by atoms with Crippen molar-refractivity contribution in [3.8, 4) is 11.4 Å². The summed E-state index contributed by atoms with van der Waals surface area (Å²) in [7, 11) is 1.64. The normalized spacial score (nSPS) is 14.5. The summed E-state index contributed by atoms with van der Waals surface area (Å²) in [5.74, 6) is 1.83. The first-order valence-corrected chi connectivity index (χ1v) is 10.7. The maximum absolute atomic E-state index is 12.6. The Morgan fingerprint density at radius 2 is 1.74 bits per heavy atom. The van der Waals surface area contributed by atoms with Gasteiger partial charge in [0.15, 0.2) is 5.82 Å². The average Bonchev–Trinajstić information content (AvgIpc) is 3.28. The van der Waals surface area contributed by atoms with Gasteiger partial charge in [0, 0.05) is 32.6 Å². The Bertz CT molecular complexity index is 965. The quantitative estimate of drug-likeness (QED) is 0.557. The minimum absolute atomic E-state index is 0.249. The van der Waals surface area contributed by atoms with Gasteiger partial charge in [-0.15, -0.1) is 5.10 Å². The standard InChI is InChI=1S/C23H28N6O2/c1-31-21-12-10-20(11-13-21)29-22(24-25-26-29)18-27-14-16-28(17-15-27)23(30)9-5-8-19-6-3-2-4-7-19/h2-4,6-7,10-13H,5,8-9,14-18H2,1H3. The number of hydrogen-bond acceptors (Lipinski definition) is 6. The number of amides is 1. The molecule has 0 saturated carbocycles. The molecule has 1 amide bonds. The molecule has 0 unspecified atom stereocenters. The zero-order valence-electron chi connectivity index (χ0n) is 17.9. The lowest BCUT2D eigenvalue weighted by atomic mass is 10.1. The van der Waals surface area contributed by atoms with Crippen LogP contribution in [-0.2, 0) is 17.8 Å². The molecule has 1 aliphatic heterocycles. The third kappa shape index (κ3) is 5.46. The van der Waals surface area contributed by atoms with Crippen LogP contribution in [-0.4, -0.2) is 69.2 Å². The average molecular weight is 421 g/mol. The Kier molecular flexibility index (Phi) is 6.89. The maximum Gasteiger partial charge on any atom is 0.222 e. The summed E-state index contributed by atoms with van der Waals surface area (Å²) in [6.45, 7) is 3.78. The van der Waals surface area contributed by atoms with Gasteiger partial charge in [0.25, 0.3) is 0 Å². The van der Waals surface area contributed by atoms with E-state index in [9.17, 15) is 4.79 Å². The van der Waals surface area contributed by atoms with E-state index in [-0.39, 0.29) is 5.91 Å². The highest BCUT2D eigenvalue weighted by molar-refractivity contribution is 5.76. The highest BCUT2D eigenvalue weighted by Crippen LogP contribution is 2.16. The molecular weight excluding hydrogens is 392 g/mol. The summed E-state index contributed by atoms with van der Waals surface area (Å²) in [5.41, 5.74) is 2.18. The second kappa shape index (κ2) is 10.2. The van der Waals surface area contributed by atoms with Gasteiger partial charge in [-0.1, -0.05) is 30.3 Å². The number of nitrogens with zero attached hydrogens (tertiary/aromatic N) is 6. The Balaban J connectivity index is 1.25. The topological polar surface area (TPSA) is 76.4 Å². The van der Waals surface area contributed by atoms with E-state index in [1.54, 1.807) is 11.8 Å². The van der Waals surface area contributed by atoms with Gasteiger partial charge in [0.05, 0.1) is 19.3 Å². The molecule has 0 spiro atoms. The number of benzene rings is 2. The Morgan fingerprint density at radius 3 is 2.45 bits per heavy atom. The van der Waals surface area contributed by atoms with Gasteiger partial charge in [0.1, 0.15) is 5.75 Å². The molecule has 0 aliphatic carbocycles. The number of aromatic nitrogens is 4. The number of hydrogen-bond donors (Lipinski definition) is 0. The zero-order valence-corrected chi connectivity index (χ0v) is 17.9. The fourth-order valence-electron chi connectivity index (χ4n) is 3.83. The van der Waals surface area contributed by atoms with Crippen molar-refractivity contribution in [3.05, 3.63) is 66.0 Å². The smallest absolute Gasteiger partial charge is 0.222 e. The summed E-state index contributed by atoms with van der Waals surface area (Å²) in [6.07, 6.45) is 2.44. The molecule has 162 valence electrons. The van der Waals surface area contributed by atoms with Crippen molar-refractivity contribution < 1.29 is 9.53 Å². The molecule has 3 aromatic rings. The SMILES string of the molecule is COc1ccc(-n2nnnc2CN2CCN(C(=O)CCCc3ccccc3)CC2)cc1. The van der Waals surface area contributed by atoms with Gasteiger partial charge in [0.2, 0.25) is 5.91 Å². The van der Waals surface area contributed by atoms with E-state index in [4.69, 9.17) is 4.74 Å². The Morgan fingerprint density at radius 1 is 1.00 bits per heavy atom. The lowest BCUT2D eigenvalue weighted by molar-refractivity contribution is -0.133. The molecule has 8 nitrogen and oxygen atoms in total. The van der Waals surface area contributed by atoms with Crippen molar-refractivity contribution in [2.75, 3.05) is 33.3 Å². The van der Waals surface area contributed by atoms with E-state index in [1.807, 2.05) is 47.4 Å². The van der Waals surface area contributed by atoms with Crippen molar-refractivity contribution in [1.29, 1.82) is 0 Å². The van der Waals surface area contributed by atoms with Gasteiger partial charge < -0.3 is 9.64 Å². The van der Waals surface area contributed by atoms with Crippen LogP contribution in [0.5, 0.6) is 5.75 Å². The maximum atomic E-state index is 12.6. The first-order valence-electron chi connectivity index (χ1n) is 10.7. The van der Waals surface area contributed by atoms with E-state index in [1.165, 1.54) is 5.56 Å². The molecule has 1 fully saturated rings. The van der Waals surface area contributed by atoms with Crippen LogP contribution in [0, 0.1) is 0 Å². The van der Waals surface area contributed by atoms with Gasteiger partial charge in [-0.05, 0) is 53.1 Å². The van der Waals surface area contributed by atoms with Crippen LogP contribution >= 0.6 is 0 Å². The van der Waals surface area contributed by atoms with Crippen LogP contribution in [0.1, 0.15) is 24.2 Å². The second-order valence-corrected chi connectivity index (χ2v) is 7.70. The first kappa shape index (κ1) is 21.0. The van der Waals surface area contributed by atoms with Gasteiger partial charge >= 0.3 is 0 Å². The number of carbonyl (C=O) groups is 1. The van der Waals surface area contributed by atoms with E-state index < -0.39 is 0 Å². The van der Waals surface area contributed by atoms with E-state index >= 15 is 0 Å². The van der Waals surface area contributed by atoms with Crippen molar-refractivity contribution in [2.45, 2.75) is 25.8 Å². The molecule has 31 heavy (non-hydrogen) atoms. The highest BCUT2D eigenvalue weighted by Gasteiger charge is 2.22. The second-order valence-electron chi connectivity index (χ2n) is 7.70. The molecule has 1 aliphatic rings. The van der Waals surface area contributed by atoms with Crippen molar-refractivity contribution in [3.63, 3.8) is 0 Å². The third-order valence-electron chi connectivity index (χ3n) is 5.64. The highest BCUT2D eigenvalue weighted by atomic mass is 16.5. The predicted molar refractivity (Wildman–Crippen MR) is 117 cm³/mol. The summed E-state index contributed by atoms with van der Waals surface area (Å²) in [4.78, 5) is 16.8. The van der Waals surface area contributed by atoms with Crippen LogP contribution < -0.4 is 4.74 Å². The molecule has 0 N–H and O–H groups in total. The molecule has 8 heteroatoms. The number of tetrazole rings is 1. The molecule has 4 rings (SSSR count). The first-order chi connectivity index (χ1) is 15.2. The van der Waals surface area contributed by atoms with Gasteiger partial charge in [-0.3, -0.25) is 9.69 Å². The van der Waals surface area contributed by atoms with Gasteiger partial charge in [-0.25, -0.2) is 0 Å². The molecule has 0 radical (unpaired) electrons. The Hall–Kier alpha value is -3.26. The number of methoxy groups -OCH3 is 1. The number of rotatable bonds is 8. The number of ether oxygens (including phenoxy) is 1. The molecule has 1 saturated heterocycles. The summed E-state index contributed by atoms with van der Waals surface area (Å²) < 4.78 is 6.96. The fourth-order valence-corrected chi connectivity index (χ4v) is 3.83. The van der Waals surface area contributed by atoms with Crippen molar-refractivity contribution >= 4 is 5.91 Å². The molecule has 1 aromatic heterocycles. The van der Waals surface area contributed by atoms with Crippen LogP contribution in [0.2, 0.25) is 0 Å². The molecule has 0 bridgehead atoms. The summed E-state index contributed by atoms with van der Waals surface area (Å²) in [5, 5.41) is 12.2. The monoisotopic (exact) mass is 420 g/mol. The predicted octanol–water partition coefficient (Wildman–Crippen LogP) is 2.34. The molecule has 0 atom stereocenters. The van der Waals surface area contributed by atoms with E-state index in [0.717, 1.165) is 56.3 Å². The van der Waals surface area contributed by atoms with Crippen LogP contribution in [0.25, 0.3) is 5.69 Å². The van der Waals surface area contributed by atoms with Crippen LogP contribution in [0.4, 0.5) is 0 Å². The molecular formula is C23H28N6O2. The minimum atomic E-state index is 0.249. The lowest BCUT2D eigenvalue weighted by Gasteiger charge is -2.34. The lowest BCUT2D eigenvalue weighted by Crippen LogP contribution is -2.48. The summed E-state index contributed by atoms with van der Waals surface area (Å²) in [6, 6.07) is 18.0. The fraction of sp³-hybridized carbons (Fsp3) is 0.391. The van der Waals surface area contributed by atoms with Crippen LogP contribution in [0.15, 0.2) is 54.6 Å². The molecule has 2 aromatic carbocycles. The largest absolute Gasteiger partial charge is 0.497 e. The van der Waals surface area contributed by atoms with E-state index in [0.29, 0.717) is 13.0 Å². The zero-order chi connectivity index (χ0) is 21.5. The molecule has 2 heterocycles. The van der Waals surface area contributed by atoms with Crippen molar-refractivity contribution in [1.82, 2.24) is 30.0 Å². The Labute approximate surface area is 182 Å². The number of aryl methyl sites for hydroxylation is 1. The third-order valence-corrected chi connectivity index (χ3v) is 5.64. The number of carbonyl (C=O) groups excluding carboxylic acids is 1.